The van der Waals surface area contributed by atoms with Crippen LogP contribution in [-0.4, -0.2) is 53.6 Å². The molecule has 5 rings (SSSR count). The Labute approximate surface area is 255 Å². The lowest BCUT2D eigenvalue weighted by Crippen LogP contribution is -2.44. The summed E-state index contributed by atoms with van der Waals surface area (Å²) in [6.45, 7) is 15.7. The lowest BCUT2D eigenvalue weighted by Gasteiger charge is -2.36. The summed E-state index contributed by atoms with van der Waals surface area (Å²) in [5.41, 5.74) is 6.47. The van der Waals surface area contributed by atoms with E-state index in [0.29, 0.717) is 19.6 Å². The second kappa shape index (κ2) is 12.0. The number of nitriles is 1. The largest absolute Gasteiger partial charge is 0.444 e. The number of aromatic nitrogens is 1. The first-order valence-electron chi connectivity index (χ1n) is 15.4. The maximum absolute atomic E-state index is 12.5. The number of hydrogen-bond acceptors (Lipinski definition) is 7. The molecule has 228 valence electrons. The zero-order chi connectivity index (χ0) is 30.9. The Balaban J connectivity index is 1.36. The number of carbonyl (C=O) groups excluding carboxylic acids is 1. The predicted molar refractivity (Wildman–Crippen MR) is 167 cm³/mol. The van der Waals surface area contributed by atoms with Crippen molar-refractivity contribution < 1.29 is 18.8 Å². The molecule has 2 fully saturated rings. The van der Waals surface area contributed by atoms with Gasteiger partial charge in [-0.15, -0.1) is 0 Å². The van der Waals surface area contributed by atoms with Crippen LogP contribution in [-0.2, 0) is 14.9 Å². The van der Waals surface area contributed by atoms with Gasteiger partial charge in [-0.1, -0.05) is 29.4 Å². The van der Waals surface area contributed by atoms with Gasteiger partial charge in [0.25, 0.3) is 0 Å². The summed E-state index contributed by atoms with van der Waals surface area (Å²) in [6.07, 6.45) is 3.12. The summed E-state index contributed by atoms with van der Waals surface area (Å²) in [5.74, 6) is 0.795. The van der Waals surface area contributed by atoms with E-state index in [9.17, 15) is 10.1 Å². The van der Waals surface area contributed by atoms with Gasteiger partial charge in [-0.25, -0.2) is 4.79 Å². The lowest BCUT2D eigenvalue weighted by molar-refractivity contribution is -0.0364. The molecule has 43 heavy (non-hydrogen) atoms. The van der Waals surface area contributed by atoms with E-state index < -0.39 is 5.60 Å². The van der Waals surface area contributed by atoms with Crippen LogP contribution in [0, 0.1) is 32.1 Å². The van der Waals surface area contributed by atoms with E-state index in [1.165, 1.54) is 0 Å². The van der Waals surface area contributed by atoms with Crippen LogP contribution in [0.1, 0.15) is 76.0 Å². The van der Waals surface area contributed by atoms with Gasteiger partial charge in [0.15, 0.2) is 0 Å². The minimum Gasteiger partial charge on any atom is -0.444 e. The maximum atomic E-state index is 12.5. The molecule has 0 bridgehead atoms. The molecule has 2 aliphatic rings. The van der Waals surface area contributed by atoms with Crippen molar-refractivity contribution in [3.05, 3.63) is 65.0 Å². The van der Waals surface area contributed by atoms with Gasteiger partial charge in [-0.2, -0.15) is 5.26 Å². The normalized spacial score (nSPS) is 17.3. The van der Waals surface area contributed by atoms with E-state index in [4.69, 9.17) is 14.0 Å². The fraction of sp³-hybridized carbons (Fsp3) is 0.514. The highest BCUT2D eigenvalue weighted by molar-refractivity contribution is 5.76. The molecule has 0 N–H and O–H groups in total. The van der Waals surface area contributed by atoms with Gasteiger partial charge < -0.3 is 23.8 Å². The Kier molecular flexibility index (Phi) is 8.58. The number of nitrogens with zero attached hydrogens (tertiary/aromatic N) is 4. The highest BCUT2D eigenvalue weighted by Gasteiger charge is 2.44. The Morgan fingerprint density at radius 1 is 1.14 bits per heavy atom. The van der Waals surface area contributed by atoms with Crippen molar-refractivity contribution in [3.8, 4) is 17.2 Å². The van der Waals surface area contributed by atoms with Crippen molar-refractivity contribution in [2.24, 2.45) is 0 Å². The van der Waals surface area contributed by atoms with Gasteiger partial charge in [-0.05, 0) is 109 Å². The molecule has 3 aromatic rings. The van der Waals surface area contributed by atoms with E-state index in [2.05, 4.69) is 72.4 Å². The average Bonchev–Trinajstić information content (AvgIpc) is 3.70. The summed E-state index contributed by atoms with van der Waals surface area (Å²) in [5, 5.41) is 13.9. The Hall–Kier alpha value is -3.83. The molecule has 1 atom stereocenters. The van der Waals surface area contributed by atoms with Crippen molar-refractivity contribution in [2.45, 2.75) is 97.4 Å². The van der Waals surface area contributed by atoms with Crippen molar-refractivity contribution in [3.63, 3.8) is 0 Å². The minimum atomic E-state index is -0.505. The van der Waals surface area contributed by atoms with Crippen molar-refractivity contribution in [1.29, 1.82) is 5.26 Å². The number of aryl methyl sites for hydroxylation is 3. The smallest absolute Gasteiger partial charge is 0.410 e. The Bertz CT molecular complexity index is 1470. The van der Waals surface area contributed by atoms with Crippen molar-refractivity contribution in [1.82, 2.24) is 10.1 Å². The third-order valence-corrected chi connectivity index (χ3v) is 8.48. The fourth-order valence-corrected chi connectivity index (χ4v) is 5.97. The van der Waals surface area contributed by atoms with Crippen LogP contribution in [0.5, 0.6) is 0 Å². The Morgan fingerprint density at radius 2 is 1.81 bits per heavy atom. The summed E-state index contributed by atoms with van der Waals surface area (Å²) in [7, 11) is 0. The summed E-state index contributed by atoms with van der Waals surface area (Å²) >= 11 is 0. The zero-order valence-electron chi connectivity index (χ0n) is 26.6. The molecule has 1 saturated carbocycles. The number of hydrogen-bond donors (Lipinski definition) is 0. The lowest BCUT2D eigenvalue weighted by atomic mass is 9.97. The Morgan fingerprint density at radius 3 is 2.37 bits per heavy atom. The van der Waals surface area contributed by atoms with Gasteiger partial charge in [0, 0.05) is 36.6 Å². The van der Waals surface area contributed by atoms with Crippen LogP contribution >= 0.6 is 0 Å². The molecular formula is C35H44N4O4. The van der Waals surface area contributed by atoms with E-state index in [1.807, 2.05) is 34.6 Å². The molecule has 2 aromatic carbocycles. The number of rotatable bonds is 8. The van der Waals surface area contributed by atoms with Crippen LogP contribution in [0.2, 0.25) is 0 Å². The molecule has 0 spiro atoms. The number of carbonyl (C=O) groups is 1. The van der Waals surface area contributed by atoms with Gasteiger partial charge in [0.2, 0.25) is 0 Å². The number of anilines is 2. The van der Waals surface area contributed by atoms with Crippen molar-refractivity contribution >= 4 is 17.5 Å². The monoisotopic (exact) mass is 584 g/mol. The number of amides is 1. The van der Waals surface area contributed by atoms with E-state index in [-0.39, 0.29) is 23.7 Å². The molecule has 8 heteroatoms. The van der Waals surface area contributed by atoms with Crippen LogP contribution in [0.15, 0.2) is 47.0 Å². The van der Waals surface area contributed by atoms with E-state index in [0.717, 1.165) is 70.8 Å². The number of ether oxygens (including phenoxy) is 2. The molecule has 8 nitrogen and oxygen atoms in total. The topological polar surface area (TPSA) is 91.8 Å². The summed E-state index contributed by atoms with van der Waals surface area (Å²) < 4.78 is 17.6. The standard InChI is InChI=1S/C35H44N4O4/c1-23-8-9-27(32-25(3)37-43-26(32)4)20-31(23)39(29-12-10-28(11-13-29)35(22-36)16-17-35)21-24(2)41-30-14-18-38(19-15-30)33(40)42-34(5,6)7/h8-13,20,24,30H,14-19,21H2,1-7H3. The molecule has 2 heterocycles. The van der Waals surface area contributed by atoms with E-state index in [1.54, 1.807) is 4.90 Å². The second-order valence-electron chi connectivity index (χ2n) is 13.2. The van der Waals surface area contributed by atoms with Gasteiger partial charge >= 0.3 is 6.09 Å². The van der Waals surface area contributed by atoms with Gasteiger partial charge in [-0.3, -0.25) is 0 Å². The van der Waals surface area contributed by atoms with Crippen LogP contribution < -0.4 is 4.90 Å². The number of benzene rings is 2. The van der Waals surface area contributed by atoms with Gasteiger partial charge in [0.1, 0.15) is 11.4 Å². The highest BCUT2D eigenvalue weighted by atomic mass is 16.6. The highest BCUT2D eigenvalue weighted by Crippen LogP contribution is 2.48. The summed E-state index contributed by atoms with van der Waals surface area (Å²) in [4.78, 5) is 16.6. The molecule has 1 aliphatic carbocycles. The molecule has 1 aliphatic heterocycles. The third-order valence-electron chi connectivity index (χ3n) is 8.48. The molecule has 1 unspecified atom stereocenters. The first kappa shape index (κ1) is 30.6. The van der Waals surface area contributed by atoms with Crippen molar-refractivity contribution in [2.75, 3.05) is 24.5 Å². The predicted octanol–water partition coefficient (Wildman–Crippen LogP) is 7.76. The second-order valence-corrected chi connectivity index (χ2v) is 13.2. The molecular weight excluding hydrogens is 540 g/mol. The number of piperidine rings is 1. The molecule has 1 aromatic heterocycles. The van der Waals surface area contributed by atoms with E-state index >= 15 is 0 Å². The maximum Gasteiger partial charge on any atom is 0.410 e. The van der Waals surface area contributed by atoms with Crippen LogP contribution in [0.25, 0.3) is 11.1 Å². The average molecular weight is 585 g/mol. The molecule has 1 amide bonds. The fourth-order valence-electron chi connectivity index (χ4n) is 5.97. The quantitative estimate of drug-likeness (QED) is 0.267. The summed E-state index contributed by atoms with van der Waals surface area (Å²) in [6, 6.07) is 17.4. The molecule has 1 saturated heterocycles. The third kappa shape index (κ3) is 6.88. The SMILES string of the molecule is Cc1ccc(-c2c(C)noc2C)cc1N(CC(C)OC1CCN(C(=O)OC(C)(C)C)CC1)c1ccc(C2(C#N)CC2)cc1. The van der Waals surface area contributed by atoms with Crippen LogP contribution in [0.3, 0.4) is 0 Å². The first-order chi connectivity index (χ1) is 20.4. The first-order valence-corrected chi connectivity index (χ1v) is 15.4. The number of likely N-dealkylation sites (tertiary alicyclic amines) is 1. The zero-order valence-corrected chi connectivity index (χ0v) is 26.6. The van der Waals surface area contributed by atoms with Gasteiger partial charge in [0.05, 0.1) is 29.4 Å². The van der Waals surface area contributed by atoms with Crippen LogP contribution in [0.4, 0.5) is 16.2 Å². The molecule has 0 radical (unpaired) electrons. The minimum absolute atomic E-state index is 0.0676.